The van der Waals surface area contributed by atoms with E-state index in [2.05, 4.69) is 50.8 Å². The Bertz CT molecular complexity index is 1100. The number of piperidine rings is 1. The predicted octanol–water partition coefficient (Wildman–Crippen LogP) is 6.32. The standard InChI is InChI=1S/C28H32Cl2N4O2/c1-36-14-13-34-11-8-22(9-12-34)27(19-32-28(35)33-26-16-24(29)15-25(30)17-26)21-6-4-20(5-7-21)23-3-2-10-31-18-23/h2-7,10,15-18,22,27H,8-9,11-14,19H2,1H3,(H2,32,33,35). The third-order valence-corrected chi connectivity index (χ3v) is 7.19. The van der Waals surface area contributed by atoms with E-state index in [9.17, 15) is 4.79 Å². The molecule has 1 aliphatic rings. The minimum absolute atomic E-state index is 0.200. The first-order valence-corrected chi connectivity index (χ1v) is 13.0. The van der Waals surface area contributed by atoms with Crippen LogP contribution < -0.4 is 10.6 Å². The number of nitrogens with zero attached hydrogens (tertiary/aromatic N) is 2. The van der Waals surface area contributed by atoms with Crippen LogP contribution in [0.1, 0.15) is 24.3 Å². The van der Waals surface area contributed by atoms with Crippen LogP contribution in [0, 0.1) is 5.92 Å². The van der Waals surface area contributed by atoms with Gasteiger partial charge in [0.1, 0.15) is 0 Å². The van der Waals surface area contributed by atoms with Crippen LogP contribution >= 0.6 is 23.2 Å². The largest absolute Gasteiger partial charge is 0.383 e. The molecule has 8 heteroatoms. The van der Waals surface area contributed by atoms with E-state index in [0.717, 1.165) is 50.2 Å². The average Bonchev–Trinajstić information content (AvgIpc) is 2.88. The minimum Gasteiger partial charge on any atom is -0.383 e. The fourth-order valence-corrected chi connectivity index (χ4v) is 5.34. The monoisotopic (exact) mass is 526 g/mol. The molecule has 3 aromatic rings. The van der Waals surface area contributed by atoms with Crippen molar-refractivity contribution in [2.24, 2.45) is 5.92 Å². The van der Waals surface area contributed by atoms with Crippen LogP contribution in [0.2, 0.25) is 10.0 Å². The van der Waals surface area contributed by atoms with Gasteiger partial charge >= 0.3 is 6.03 Å². The summed E-state index contributed by atoms with van der Waals surface area (Å²) in [6.45, 7) is 4.31. The van der Waals surface area contributed by atoms with Crippen LogP contribution in [0.4, 0.5) is 10.5 Å². The maximum Gasteiger partial charge on any atom is 0.319 e. The van der Waals surface area contributed by atoms with Gasteiger partial charge in [0.2, 0.25) is 0 Å². The van der Waals surface area contributed by atoms with Crippen LogP contribution in [0.15, 0.2) is 67.0 Å². The number of methoxy groups -OCH3 is 1. The zero-order valence-corrected chi connectivity index (χ0v) is 21.9. The van der Waals surface area contributed by atoms with Gasteiger partial charge in [0.25, 0.3) is 0 Å². The molecule has 0 spiro atoms. The molecule has 1 aliphatic heterocycles. The van der Waals surface area contributed by atoms with Crippen molar-refractivity contribution >= 4 is 34.9 Å². The van der Waals surface area contributed by atoms with Crippen molar-refractivity contribution < 1.29 is 9.53 Å². The maximum atomic E-state index is 12.7. The Hall–Kier alpha value is -2.64. The molecule has 0 bridgehead atoms. The lowest BCUT2D eigenvalue weighted by atomic mass is 9.79. The summed E-state index contributed by atoms with van der Waals surface area (Å²) in [5.74, 6) is 0.667. The van der Waals surface area contributed by atoms with Crippen LogP contribution in [-0.4, -0.2) is 55.8 Å². The topological polar surface area (TPSA) is 66.5 Å². The number of ether oxygens (including phenoxy) is 1. The molecule has 1 saturated heterocycles. The van der Waals surface area contributed by atoms with E-state index in [1.54, 1.807) is 31.5 Å². The molecule has 36 heavy (non-hydrogen) atoms. The lowest BCUT2D eigenvalue weighted by Crippen LogP contribution is -2.40. The second-order valence-electron chi connectivity index (χ2n) is 9.14. The number of aromatic nitrogens is 1. The number of rotatable bonds is 9. The number of nitrogens with one attached hydrogen (secondary N) is 2. The number of hydrogen-bond acceptors (Lipinski definition) is 4. The van der Waals surface area contributed by atoms with E-state index in [4.69, 9.17) is 27.9 Å². The van der Waals surface area contributed by atoms with Crippen LogP contribution in [0.5, 0.6) is 0 Å². The second kappa shape index (κ2) is 13.1. The quantitative estimate of drug-likeness (QED) is 0.342. The van der Waals surface area contributed by atoms with Gasteiger partial charge < -0.3 is 20.3 Å². The van der Waals surface area contributed by atoms with Crippen molar-refractivity contribution in [1.29, 1.82) is 0 Å². The van der Waals surface area contributed by atoms with E-state index in [-0.39, 0.29) is 11.9 Å². The van der Waals surface area contributed by atoms with Crippen molar-refractivity contribution in [2.75, 3.05) is 45.2 Å². The van der Waals surface area contributed by atoms with E-state index in [1.807, 2.05) is 12.3 Å². The molecular weight excluding hydrogens is 495 g/mol. The fourth-order valence-electron chi connectivity index (χ4n) is 4.82. The summed E-state index contributed by atoms with van der Waals surface area (Å²) >= 11 is 12.1. The van der Waals surface area contributed by atoms with Gasteiger partial charge in [-0.2, -0.15) is 0 Å². The summed E-state index contributed by atoms with van der Waals surface area (Å²) in [6, 6.07) is 17.4. The number of likely N-dealkylation sites (tertiary alicyclic amines) is 1. The summed E-state index contributed by atoms with van der Waals surface area (Å²) in [6.07, 6.45) is 5.80. The Labute approximate surface area is 223 Å². The normalized spacial score (nSPS) is 15.4. The number of anilines is 1. The fraction of sp³-hybridized carbons (Fsp3) is 0.357. The molecule has 1 unspecified atom stereocenters. The second-order valence-corrected chi connectivity index (χ2v) is 10.0. The highest BCUT2D eigenvalue weighted by atomic mass is 35.5. The highest BCUT2D eigenvalue weighted by molar-refractivity contribution is 6.35. The Morgan fingerprint density at radius 1 is 1.08 bits per heavy atom. The van der Waals surface area contributed by atoms with Gasteiger partial charge in [-0.05, 0) is 72.8 Å². The molecule has 2 amide bonds. The summed E-state index contributed by atoms with van der Waals surface area (Å²) in [7, 11) is 1.74. The molecule has 0 saturated carbocycles. The van der Waals surface area contributed by atoms with Gasteiger partial charge in [0.15, 0.2) is 0 Å². The Balaban J connectivity index is 1.45. The van der Waals surface area contributed by atoms with Crippen molar-refractivity contribution in [3.63, 3.8) is 0 Å². The molecule has 1 fully saturated rings. The van der Waals surface area contributed by atoms with E-state index in [0.29, 0.717) is 28.2 Å². The molecule has 2 heterocycles. The number of carbonyl (C=O) groups is 1. The smallest absolute Gasteiger partial charge is 0.319 e. The van der Waals surface area contributed by atoms with Crippen LogP contribution in [0.25, 0.3) is 11.1 Å². The first-order valence-electron chi connectivity index (χ1n) is 12.2. The van der Waals surface area contributed by atoms with Crippen molar-refractivity contribution in [2.45, 2.75) is 18.8 Å². The zero-order valence-electron chi connectivity index (χ0n) is 20.4. The minimum atomic E-state index is -0.275. The lowest BCUT2D eigenvalue weighted by molar-refractivity contribution is 0.114. The first kappa shape index (κ1) is 26.4. The molecule has 1 aromatic heterocycles. The molecule has 0 radical (unpaired) electrons. The molecule has 4 rings (SSSR count). The number of halogens is 2. The van der Waals surface area contributed by atoms with Gasteiger partial charge in [-0.1, -0.05) is 53.5 Å². The SMILES string of the molecule is COCCN1CCC(C(CNC(=O)Nc2cc(Cl)cc(Cl)c2)c2ccc(-c3cccnc3)cc2)CC1. The Kier molecular flexibility index (Phi) is 9.59. The Morgan fingerprint density at radius 3 is 2.44 bits per heavy atom. The van der Waals surface area contributed by atoms with Crippen molar-refractivity contribution in [3.8, 4) is 11.1 Å². The molecular formula is C28H32Cl2N4O2. The number of urea groups is 1. The third-order valence-electron chi connectivity index (χ3n) is 6.75. The van der Waals surface area contributed by atoms with Gasteiger partial charge in [-0.3, -0.25) is 4.98 Å². The van der Waals surface area contributed by atoms with Crippen LogP contribution in [0.3, 0.4) is 0 Å². The summed E-state index contributed by atoms with van der Waals surface area (Å²) < 4.78 is 5.25. The lowest BCUT2D eigenvalue weighted by Gasteiger charge is -2.36. The molecule has 1 atom stereocenters. The summed E-state index contributed by atoms with van der Waals surface area (Å²) in [5.41, 5.74) is 4.01. The number of amides is 2. The predicted molar refractivity (Wildman–Crippen MR) is 147 cm³/mol. The average molecular weight is 527 g/mol. The van der Waals surface area contributed by atoms with Gasteiger partial charge in [-0.25, -0.2) is 4.79 Å². The summed E-state index contributed by atoms with van der Waals surface area (Å²) in [5, 5.41) is 6.88. The Morgan fingerprint density at radius 2 is 1.81 bits per heavy atom. The van der Waals surface area contributed by atoms with Gasteiger partial charge in [0, 0.05) is 54.2 Å². The zero-order chi connectivity index (χ0) is 25.3. The van der Waals surface area contributed by atoms with E-state index in [1.165, 1.54) is 5.56 Å². The van der Waals surface area contributed by atoms with Gasteiger partial charge in [0.05, 0.1) is 6.61 Å². The molecule has 0 aliphatic carbocycles. The van der Waals surface area contributed by atoms with Crippen LogP contribution in [-0.2, 0) is 4.74 Å². The number of benzene rings is 2. The molecule has 190 valence electrons. The number of pyridine rings is 1. The number of carbonyl (C=O) groups excluding carboxylic acids is 1. The highest BCUT2D eigenvalue weighted by Gasteiger charge is 2.28. The van der Waals surface area contributed by atoms with E-state index >= 15 is 0 Å². The molecule has 2 aromatic carbocycles. The van der Waals surface area contributed by atoms with Crippen molar-refractivity contribution in [1.82, 2.24) is 15.2 Å². The molecule has 2 N–H and O–H groups in total. The van der Waals surface area contributed by atoms with Gasteiger partial charge in [-0.15, -0.1) is 0 Å². The summed E-state index contributed by atoms with van der Waals surface area (Å²) in [4.78, 5) is 19.4. The third kappa shape index (κ3) is 7.43. The van der Waals surface area contributed by atoms with E-state index < -0.39 is 0 Å². The highest BCUT2D eigenvalue weighted by Crippen LogP contribution is 2.33. The maximum absolute atomic E-state index is 12.7. The first-order chi connectivity index (χ1) is 17.5. The number of hydrogen-bond donors (Lipinski definition) is 2. The van der Waals surface area contributed by atoms with Crippen molar-refractivity contribution in [3.05, 3.63) is 82.6 Å². The molecule has 6 nitrogen and oxygen atoms in total.